The number of aromatic nitrogens is 1. The SMILES string of the molecule is CCOC(=O)[C@@]1(Cc2ccccc2F)CCCN(C(=O)c2csc(SC)n2)C1. The van der Waals surface area contributed by atoms with Gasteiger partial charge in [0.05, 0.1) is 12.0 Å². The van der Waals surface area contributed by atoms with Crippen LogP contribution < -0.4 is 0 Å². The quantitative estimate of drug-likeness (QED) is 0.520. The second-order valence-corrected chi connectivity index (χ2v) is 8.71. The molecule has 3 rings (SSSR count). The number of halogens is 1. The summed E-state index contributed by atoms with van der Waals surface area (Å²) in [6.07, 6.45) is 3.32. The van der Waals surface area contributed by atoms with Crippen molar-refractivity contribution in [3.63, 3.8) is 0 Å². The van der Waals surface area contributed by atoms with Gasteiger partial charge in [-0.05, 0) is 44.1 Å². The van der Waals surface area contributed by atoms with E-state index in [2.05, 4.69) is 4.98 Å². The fourth-order valence-corrected chi connectivity index (χ4v) is 4.83. The van der Waals surface area contributed by atoms with Gasteiger partial charge in [0.1, 0.15) is 15.9 Å². The number of rotatable bonds is 6. The number of thiazole rings is 1. The number of hydrogen-bond acceptors (Lipinski definition) is 6. The highest BCUT2D eigenvalue weighted by Crippen LogP contribution is 2.36. The van der Waals surface area contributed by atoms with Crippen LogP contribution >= 0.6 is 23.1 Å². The molecule has 0 bridgehead atoms. The van der Waals surface area contributed by atoms with Gasteiger partial charge in [0, 0.05) is 18.5 Å². The van der Waals surface area contributed by atoms with Crippen LogP contribution in [0.4, 0.5) is 4.39 Å². The van der Waals surface area contributed by atoms with E-state index in [-0.39, 0.29) is 37.3 Å². The molecule has 1 aromatic carbocycles. The second kappa shape index (κ2) is 9.05. The number of esters is 1. The Hall–Kier alpha value is -1.93. The first-order chi connectivity index (χ1) is 13.5. The molecule has 1 aromatic heterocycles. The van der Waals surface area contributed by atoms with Crippen molar-refractivity contribution in [2.75, 3.05) is 26.0 Å². The van der Waals surface area contributed by atoms with E-state index in [1.165, 1.54) is 29.2 Å². The van der Waals surface area contributed by atoms with Crippen LogP contribution in [0.25, 0.3) is 0 Å². The summed E-state index contributed by atoms with van der Waals surface area (Å²) in [4.78, 5) is 31.8. The van der Waals surface area contributed by atoms with Gasteiger partial charge in [0.2, 0.25) is 0 Å². The molecule has 0 spiro atoms. The van der Waals surface area contributed by atoms with E-state index < -0.39 is 5.41 Å². The molecule has 28 heavy (non-hydrogen) atoms. The Balaban J connectivity index is 1.87. The molecule has 0 N–H and O–H groups in total. The van der Waals surface area contributed by atoms with Gasteiger partial charge in [0.15, 0.2) is 0 Å². The molecular formula is C20H23FN2O3S2. The zero-order valence-electron chi connectivity index (χ0n) is 15.9. The Morgan fingerprint density at radius 1 is 1.39 bits per heavy atom. The summed E-state index contributed by atoms with van der Waals surface area (Å²) in [7, 11) is 0. The highest BCUT2D eigenvalue weighted by atomic mass is 32.2. The van der Waals surface area contributed by atoms with E-state index >= 15 is 0 Å². The normalized spacial score (nSPS) is 19.5. The predicted molar refractivity (Wildman–Crippen MR) is 108 cm³/mol. The van der Waals surface area contributed by atoms with Crippen molar-refractivity contribution in [1.29, 1.82) is 0 Å². The van der Waals surface area contributed by atoms with Gasteiger partial charge in [-0.25, -0.2) is 9.37 Å². The van der Waals surface area contributed by atoms with Crippen molar-refractivity contribution in [1.82, 2.24) is 9.88 Å². The Morgan fingerprint density at radius 3 is 2.86 bits per heavy atom. The van der Waals surface area contributed by atoms with E-state index in [1.807, 2.05) is 6.26 Å². The maximum absolute atomic E-state index is 14.3. The molecule has 0 saturated carbocycles. The molecule has 1 atom stereocenters. The molecule has 0 unspecified atom stereocenters. The standard InChI is InChI=1S/C20H23FN2O3S2/c1-3-26-18(25)20(11-14-7-4-5-8-15(14)21)9-6-10-23(13-20)17(24)16-12-28-19(22-16)27-2/h4-5,7-8,12H,3,6,9-11,13H2,1-2H3/t20-/m1/s1. The molecule has 1 aliphatic rings. The molecule has 1 aliphatic heterocycles. The van der Waals surface area contributed by atoms with Gasteiger partial charge in [-0.1, -0.05) is 30.0 Å². The lowest BCUT2D eigenvalue weighted by Gasteiger charge is -2.41. The number of carbonyl (C=O) groups excluding carboxylic acids is 2. The summed E-state index contributed by atoms with van der Waals surface area (Å²) in [6.45, 7) is 2.74. The Bertz CT molecular complexity index is 857. The lowest BCUT2D eigenvalue weighted by Crippen LogP contribution is -2.51. The molecule has 8 heteroatoms. The number of carbonyl (C=O) groups is 2. The first-order valence-corrected chi connectivity index (χ1v) is 11.3. The summed E-state index contributed by atoms with van der Waals surface area (Å²) in [6, 6.07) is 6.45. The first kappa shape index (κ1) is 20.8. The van der Waals surface area contributed by atoms with E-state index in [4.69, 9.17) is 4.74 Å². The van der Waals surface area contributed by atoms with Crippen LogP contribution in [0.1, 0.15) is 35.8 Å². The molecule has 150 valence electrons. The number of hydrogen-bond donors (Lipinski definition) is 0. The monoisotopic (exact) mass is 422 g/mol. The molecule has 0 radical (unpaired) electrons. The highest BCUT2D eigenvalue weighted by Gasteiger charge is 2.45. The minimum atomic E-state index is -0.954. The predicted octanol–water partition coefficient (Wildman–Crippen LogP) is 4.03. The van der Waals surface area contributed by atoms with Crippen molar-refractivity contribution >= 4 is 35.0 Å². The molecule has 1 fully saturated rings. The summed E-state index contributed by atoms with van der Waals surface area (Å²) in [5.74, 6) is -0.920. The minimum absolute atomic E-state index is 0.196. The van der Waals surface area contributed by atoms with Crippen LogP contribution in [-0.2, 0) is 16.0 Å². The Labute approximate surface area is 172 Å². The summed E-state index contributed by atoms with van der Waals surface area (Å²) in [5.41, 5.74) is -0.104. The van der Waals surface area contributed by atoms with E-state index in [9.17, 15) is 14.0 Å². The topological polar surface area (TPSA) is 59.5 Å². The smallest absolute Gasteiger partial charge is 0.314 e. The number of amides is 1. The van der Waals surface area contributed by atoms with Crippen molar-refractivity contribution < 1.29 is 18.7 Å². The van der Waals surface area contributed by atoms with Crippen LogP contribution in [-0.4, -0.2) is 47.7 Å². The second-order valence-electron chi connectivity index (χ2n) is 6.80. The summed E-state index contributed by atoms with van der Waals surface area (Å²) < 4.78 is 20.4. The van der Waals surface area contributed by atoms with Crippen molar-refractivity contribution in [2.45, 2.75) is 30.5 Å². The van der Waals surface area contributed by atoms with Crippen molar-refractivity contribution in [3.8, 4) is 0 Å². The lowest BCUT2D eigenvalue weighted by atomic mass is 9.75. The zero-order valence-corrected chi connectivity index (χ0v) is 17.6. The molecule has 2 aromatic rings. The van der Waals surface area contributed by atoms with Crippen LogP contribution in [0.2, 0.25) is 0 Å². The molecule has 1 amide bonds. The minimum Gasteiger partial charge on any atom is -0.466 e. The number of piperidine rings is 1. The van der Waals surface area contributed by atoms with Crippen LogP contribution in [0.5, 0.6) is 0 Å². The van der Waals surface area contributed by atoms with Crippen molar-refractivity contribution in [2.24, 2.45) is 5.41 Å². The molecule has 1 saturated heterocycles. The third-order valence-electron chi connectivity index (χ3n) is 4.94. The van der Waals surface area contributed by atoms with Crippen molar-refractivity contribution in [3.05, 3.63) is 46.7 Å². The number of benzene rings is 1. The summed E-state index contributed by atoms with van der Waals surface area (Å²) in [5, 5.41) is 1.74. The maximum Gasteiger partial charge on any atom is 0.314 e. The van der Waals surface area contributed by atoms with E-state index in [0.717, 1.165) is 4.34 Å². The number of likely N-dealkylation sites (tertiary alicyclic amines) is 1. The third-order valence-corrected chi connectivity index (χ3v) is 6.80. The first-order valence-electron chi connectivity index (χ1n) is 9.18. The molecule has 2 heterocycles. The Kier molecular flexibility index (Phi) is 6.72. The lowest BCUT2D eigenvalue weighted by molar-refractivity contribution is -0.158. The summed E-state index contributed by atoms with van der Waals surface area (Å²) >= 11 is 2.91. The average molecular weight is 423 g/mol. The van der Waals surface area contributed by atoms with Gasteiger partial charge in [-0.15, -0.1) is 11.3 Å². The van der Waals surface area contributed by atoms with Crippen LogP contribution in [0.15, 0.2) is 34.0 Å². The largest absolute Gasteiger partial charge is 0.466 e. The average Bonchev–Trinajstić information content (AvgIpc) is 3.19. The molecule has 5 nitrogen and oxygen atoms in total. The number of nitrogens with zero attached hydrogens (tertiary/aromatic N) is 2. The molecular weight excluding hydrogens is 399 g/mol. The van der Waals surface area contributed by atoms with Gasteiger partial charge in [-0.2, -0.15) is 0 Å². The Morgan fingerprint density at radius 2 is 2.18 bits per heavy atom. The van der Waals surface area contributed by atoms with Crippen LogP contribution in [0, 0.1) is 11.2 Å². The number of ether oxygens (including phenoxy) is 1. The third kappa shape index (κ3) is 4.38. The van der Waals surface area contributed by atoms with Crippen LogP contribution in [0.3, 0.4) is 0 Å². The maximum atomic E-state index is 14.3. The number of thioether (sulfide) groups is 1. The fourth-order valence-electron chi connectivity index (χ4n) is 3.59. The van der Waals surface area contributed by atoms with Gasteiger partial charge in [0.25, 0.3) is 5.91 Å². The van der Waals surface area contributed by atoms with E-state index in [1.54, 1.807) is 35.4 Å². The van der Waals surface area contributed by atoms with Gasteiger partial charge in [-0.3, -0.25) is 9.59 Å². The van der Waals surface area contributed by atoms with E-state index in [0.29, 0.717) is 30.6 Å². The highest BCUT2D eigenvalue weighted by molar-refractivity contribution is 8.00. The van der Waals surface area contributed by atoms with Gasteiger partial charge >= 0.3 is 5.97 Å². The van der Waals surface area contributed by atoms with Gasteiger partial charge < -0.3 is 9.64 Å². The molecule has 0 aliphatic carbocycles. The fraction of sp³-hybridized carbons (Fsp3) is 0.450. The zero-order chi connectivity index (χ0) is 20.1.